The van der Waals surface area contributed by atoms with Gasteiger partial charge in [0.1, 0.15) is 11.9 Å². The van der Waals surface area contributed by atoms with Gasteiger partial charge in [0.05, 0.1) is 0 Å². The molecule has 0 saturated heterocycles. The van der Waals surface area contributed by atoms with Crippen LogP contribution in [0.5, 0.6) is 5.75 Å². The van der Waals surface area contributed by atoms with Crippen molar-refractivity contribution in [2.75, 3.05) is 0 Å². The van der Waals surface area contributed by atoms with Crippen molar-refractivity contribution in [3.05, 3.63) is 182 Å². The van der Waals surface area contributed by atoms with Crippen LogP contribution in [0.1, 0.15) is 11.5 Å². The zero-order valence-electron chi connectivity index (χ0n) is 29.1. The third-order valence-corrected chi connectivity index (χ3v) is 11.8. The van der Waals surface area contributed by atoms with Crippen LogP contribution in [-0.2, 0) is 0 Å². The number of rotatable bonds is 5. The fourth-order valence-corrected chi connectivity index (χ4v) is 9.04. The highest BCUT2D eigenvalue weighted by Crippen LogP contribution is 2.48. The van der Waals surface area contributed by atoms with E-state index in [2.05, 4.69) is 170 Å². The fourth-order valence-electron chi connectivity index (χ4n) is 7.96. The molecular weight excluding hydrogens is 679 g/mol. The Balaban J connectivity index is 1.10. The Morgan fingerprint density at radius 1 is 0.444 bits per heavy atom. The van der Waals surface area contributed by atoms with Gasteiger partial charge >= 0.3 is 0 Å². The molecule has 2 unspecified atom stereocenters. The summed E-state index contributed by atoms with van der Waals surface area (Å²) in [5.74, 6) is 2.82. The van der Waals surface area contributed by atoms with Crippen LogP contribution in [0.3, 0.4) is 0 Å². The van der Waals surface area contributed by atoms with Gasteiger partial charge in [-0.3, -0.25) is 0 Å². The Bertz CT molecular complexity index is 2980. The summed E-state index contributed by atoms with van der Waals surface area (Å²) in [4.78, 5) is 15.8. The number of thiophene rings is 1. The summed E-state index contributed by atoms with van der Waals surface area (Å²) in [6.45, 7) is 0. The SMILES string of the molecule is C1=CC2Oc3cc(-c4ccccc4)cc(-c4nc(-c5ccc(-c6ccc7ccccc7c6)cc5)nc(-c5ccc6sc7ccccc7c6c5)n4)c3C2C=C1. The van der Waals surface area contributed by atoms with Crippen molar-refractivity contribution in [2.45, 2.75) is 12.0 Å². The van der Waals surface area contributed by atoms with Gasteiger partial charge in [-0.25, -0.2) is 15.0 Å². The van der Waals surface area contributed by atoms with Crippen molar-refractivity contribution in [2.24, 2.45) is 0 Å². The van der Waals surface area contributed by atoms with Crippen molar-refractivity contribution >= 4 is 42.3 Å². The quantitative estimate of drug-likeness (QED) is 0.178. The number of allylic oxidation sites excluding steroid dienone is 2. The summed E-state index contributed by atoms with van der Waals surface area (Å²) in [7, 11) is 0. The predicted octanol–water partition coefficient (Wildman–Crippen LogP) is 12.7. The zero-order chi connectivity index (χ0) is 35.6. The molecule has 7 aromatic carbocycles. The molecule has 1 aliphatic heterocycles. The molecule has 0 amide bonds. The highest BCUT2D eigenvalue weighted by atomic mass is 32.1. The highest BCUT2D eigenvalue weighted by Gasteiger charge is 2.36. The second-order valence-corrected chi connectivity index (χ2v) is 15.0. The van der Waals surface area contributed by atoms with Gasteiger partial charge in [0.15, 0.2) is 17.5 Å². The molecule has 2 aromatic heterocycles. The van der Waals surface area contributed by atoms with Crippen molar-refractivity contribution in [1.82, 2.24) is 15.0 Å². The summed E-state index contributed by atoms with van der Waals surface area (Å²) >= 11 is 1.81. The third-order valence-electron chi connectivity index (χ3n) is 10.7. The van der Waals surface area contributed by atoms with Gasteiger partial charge in [-0.05, 0) is 81.6 Å². The maximum atomic E-state index is 6.62. The lowest BCUT2D eigenvalue weighted by molar-refractivity contribution is 0.269. The zero-order valence-corrected chi connectivity index (χ0v) is 29.9. The topological polar surface area (TPSA) is 47.9 Å². The van der Waals surface area contributed by atoms with E-state index < -0.39 is 0 Å². The van der Waals surface area contributed by atoms with E-state index in [4.69, 9.17) is 19.7 Å². The Morgan fingerprint density at radius 2 is 1.11 bits per heavy atom. The molecule has 3 heterocycles. The minimum absolute atomic E-state index is 0.0586. The number of aromatic nitrogens is 3. The van der Waals surface area contributed by atoms with Gasteiger partial charge in [-0.2, -0.15) is 0 Å². The second-order valence-electron chi connectivity index (χ2n) is 13.9. The summed E-state index contributed by atoms with van der Waals surface area (Å²) in [6.07, 6.45) is 8.46. The molecule has 254 valence electrons. The van der Waals surface area contributed by atoms with Gasteiger partial charge in [0.2, 0.25) is 0 Å². The summed E-state index contributed by atoms with van der Waals surface area (Å²) < 4.78 is 9.13. The van der Waals surface area contributed by atoms with E-state index in [1.807, 2.05) is 17.4 Å². The summed E-state index contributed by atoms with van der Waals surface area (Å²) in [6, 6.07) is 53.7. The van der Waals surface area contributed by atoms with Gasteiger partial charge < -0.3 is 4.74 Å². The van der Waals surface area contributed by atoms with Crippen molar-refractivity contribution in [3.63, 3.8) is 0 Å². The largest absolute Gasteiger partial charge is 0.485 e. The molecule has 0 saturated carbocycles. The number of hydrogen-bond donors (Lipinski definition) is 0. The van der Waals surface area contributed by atoms with Crippen LogP contribution >= 0.6 is 11.3 Å². The number of hydrogen-bond acceptors (Lipinski definition) is 5. The Hall–Kier alpha value is -6.69. The second kappa shape index (κ2) is 12.5. The van der Waals surface area contributed by atoms with E-state index in [1.54, 1.807) is 0 Å². The van der Waals surface area contributed by atoms with Crippen LogP contribution in [-0.4, -0.2) is 21.1 Å². The molecule has 0 radical (unpaired) electrons. The molecule has 2 atom stereocenters. The van der Waals surface area contributed by atoms with Crippen LogP contribution in [0.2, 0.25) is 0 Å². The lowest BCUT2D eigenvalue weighted by Crippen LogP contribution is -2.16. The lowest BCUT2D eigenvalue weighted by atomic mass is 9.87. The maximum Gasteiger partial charge on any atom is 0.164 e. The number of fused-ring (bicyclic) bond motifs is 7. The van der Waals surface area contributed by atoms with Crippen molar-refractivity contribution < 1.29 is 4.74 Å². The van der Waals surface area contributed by atoms with Gasteiger partial charge in [0.25, 0.3) is 0 Å². The summed E-state index contributed by atoms with van der Waals surface area (Å²) in [5.41, 5.74) is 8.43. The van der Waals surface area contributed by atoms with Crippen LogP contribution in [0, 0.1) is 0 Å². The van der Waals surface area contributed by atoms with E-state index in [-0.39, 0.29) is 12.0 Å². The van der Waals surface area contributed by atoms with Crippen molar-refractivity contribution in [3.8, 4) is 62.2 Å². The molecule has 1 aliphatic carbocycles. The first kappa shape index (κ1) is 30.9. The molecule has 0 bridgehead atoms. The lowest BCUT2D eigenvalue weighted by Gasteiger charge is -2.17. The van der Waals surface area contributed by atoms with Crippen LogP contribution < -0.4 is 4.74 Å². The normalized spacial score (nSPS) is 15.8. The van der Waals surface area contributed by atoms with Crippen LogP contribution in [0.25, 0.3) is 87.4 Å². The first-order chi connectivity index (χ1) is 26.7. The van der Waals surface area contributed by atoms with Crippen LogP contribution in [0.4, 0.5) is 0 Å². The molecule has 0 spiro atoms. The van der Waals surface area contributed by atoms with Crippen molar-refractivity contribution in [1.29, 1.82) is 0 Å². The van der Waals surface area contributed by atoms with Crippen LogP contribution in [0.15, 0.2) is 176 Å². The fraction of sp³-hybridized carbons (Fsp3) is 0.0408. The van der Waals surface area contributed by atoms with E-state index in [1.165, 1.54) is 36.5 Å². The Morgan fingerprint density at radius 3 is 2.00 bits per heavy atom. The Kier molecular flexibility index (Phi) is 7.13. The Labute approximate surface area is 316 Å². The van der Waals surface area contributed by atoms with Gasteiger partial charge in [-0.1, -0.05) is 127 Å². The molecule has 2 aliphatic rings. The van der Waals surface area contributed by atoms with Gasteiger partial charge in [-0.15, -0.1) is 11.3 Å². The molecule has 5 heteroatoms. The first-order valence-electron chi connectivity index (χ1n) is 18.2. The molecular formula is C49H31N3OS. The number of ether oxygens (including phenoxy) is 1. The number of nitrogens with zero attached hydrogens (tertiary/aromatic N) is 3. The average molecular weight is 710 g/mol. The molecule has 4 nitrogen and oxygen atoms in total. The van der Waals surface area contributed by atoms with E-state index in [9.17, 15) is 0 Å². The molecule has 0 N–H and O–H groups in total. The molecule has 54 heavy (non-hydrogen) atoms. The predicted molar refractivity (Wildman–Crippen MR) is 223 cm³/mol. The van der Waals surface area contributed by atoms with E-state index >= 15 is 0 Å². The minimum Gasteiger partial charge on any atom is -0.485 e. The van der Waals surface area contributed by atoms with Gasteiger partial charge in [0, 0.05) is 48.3 Å². The maximum absolute atomic E-state index is 6.62. The van der Waals surface area contributed by atoms with E-state index in [0.717, 1.165) is 44.7 Å². The molecule has 9 aromatic rings. The summed E-state index contributed by atoms with van der Waals surface area (Å²) in [5, 5.41) is 4.91. The molecule has 11 rings (SSSR count). The smallest absolute Gasteiger partial charge is 0.164 e. The standard InChI is InChI=1S/C49H31N3OS/c1-2-10-30(11-3-1)37-28-41(46-39-15-6-8-16-42(39)53-43(46)29-37)49-51-47(33-21-18-32(19-22-33)35-23-20-31-12-4-5-13-34(31)26-35)50-48(52-49)36-24-25-45-40(27-36)38-14-7-9-17-44(38)54-45/h1-29,39,42H. The minimum atomic E-state index is -0.0764. The van der Waals surface area contributed by atoms with E-state index in [0.29, 0.717) is 17.5 Å². The average Bonchev–Trinajstić information content (AvgIpc) is 3.81. The molecule has 0 fully saturated rings. The monoisotopic (exact) mass is 709 g/mol. The third kappa shape index (κ3) is 5.24. The highest BCUT2D eigenvalue weighted by molar-refractivity contribution is 7.25. The number of benzene rings is 7. The first-order valence-corrected chi connectivity index (χ1v) is 19.1.